The minimum atomic E-state index is -0.393. The number of aromatic nitrogens is 2. The molecule has 1 aromatic carbocycles. The second-order valence-corrected chi connectivity index (χ2v) is 4.44. The van der Waals surface area contributed by atoms with E-state index in [1.165, 1.54) is 6.07 Å². The van der Waals surface area contributed by atoms with Crippen LogP contribution < -0.4 is 5.73 Å². The van der Waals surface area contributed by atoms with Crippen molar-refractivity contribution in [2.24, 2.45) is 5.73 Å². The van der Waals surface area contributed by atoms with Gasteiger partial charge in [0.1, 0.15) is 0 Å². The summed E-state index contributed by atoms with van der Waals surface area (Å²) in [6.07, 6.45) is 0. The maximum atomic E-state index is 10.7. The standard InChI is InChI=1S/C13H16N4O2/c1-9-13(7-14)10(2)16(15-9)8-11-4-3-5-12(6-11)17(18)19/h3-6H,7-8,14H2,1-2H3. The second kappa shape index (κ2) is 5.19. The van der Waals surface area contributed by atoms with Crippen LogP contribution in [0.3, 0.4) is 0 Å². The van der Waals surface area contributed by atoms with E-state index in [0.29, 0.717) is 13.1 Å². The molecule has 2 aromatic rings. The fourth-order valence-electron chi connectivity index (χ4n) is 2.12. The molecule has 6 heteroatoms. The lowest BCUT2D eigenvalue weighted by Gasteiger charge is -2.05. The molecular weight excluding hydrogens is 244 g/mol. The van der Waals surface area contributed by atoms with Gasteiger partial charge in [-0.05, 0) is 19.4 Å². The summed E-state index contributed by atoms with van der Waals surface area (Å²) in [5.74, 6) is 0. The van der Waals surface area contributed by atoms with Crippen molar-refractivity contribution in [1.82, 2.24) is 9.78 Å². The van der Waals surface area contributed by atoms with Gasteiger partial charge in [0.15, 0.2) is 0 Å². The molecule has 19 heavy (non-hydrogen) atoms. The van der Waals surface area contributed by atoms with E-state index in [4.69, 9.17) is 5.73 Å². The normalized spacial score (nSPS) is 10.7. The summed E-state index contributed by atoms with van der Waals surface area (Å²) >= 11 is 0. The molecular formula is C13H16N4O2. The molecule has 0 unspecified atom stereocenters. The average Bonchev–Trinajstić information content (AvgIpc) is 2.64. The highest BCUT2D eigenvalue weighted by molar-refractivity contribution is 5.35. The minimum Gasteiger partial charge on any atom is -0.326 e. The number of hydrogen-bond donors (Lipinski definition) is 1. The van der Waals surface area contributed by atoms with Crippen LogP contribution in [-0.4, -0.2) is 14.7 Å². The smallest absolute Gasteiger partial charge is 0.269 e. The third-order valence-corrected chi connectivity index (χ3v) is 3.19. The number of benzene rings is 1. The Morgan fingerprint density at radius 2 is 2.16 bits per heavy atom. The monoisotopic (exact) mass is 260 g/mol. The molecule has 0 aliphatic carbocycles. The van der Waals surface area contributed by atoms with E-state index in [1.54, 1.807) is 12.1 Å². The van der Waals surface area contributed by atoms with Gasteiger partial charge in [0.05, 0.1) is 17.2 Å². The van der Waals surface area contributed by atoms with Gasteiger partial charge in [-0.1, -0.05) is 12.1 Å². The van der Waals surface area contributed by atoms with Gasteiger partial charge in [0.25, 0.3) is 5.69 Å². The van der Waals surface area contributed by atoms with E-state index >= 15 is 0 Å². The zero-order chi connectivity index (χ0) is 14.0. The molecule has 2 rings (SSSR count). The van der Waals surface area contributed by atoms with Crippen LogP contribution in [0.15, 0.2) is 24.3 Å². The first-order chi connectivity index (χ1) is 9.02. The zero-order valence-electron chi connectivity index (χ0n) is 11.0. The predicted molar refractivity (Wildman–Crippen MR) is 71.8 cm³/mol. The van der Waals surface area contributed by atoms with Crippen molar-refractivity contribution in [2.75, 3.05) is 0 Å². The Morgan fingerprint density at radius 1 is 1.42 bits per heavy atom. The van der Waals surface area contributed by atoms with Crippen molar-refractivity contribution in [1.29, 1.82) is 0 Å². The largest absolute Gasteiger partial charge is 0.326 e. The fraction of sp³-hybridized carbons (Fsp3) is 0.308. The lowest BCUT2D eigenvalue weighted by Crippen LogP contribution is -2.05. The van der Waals surface area contributed by atoms with E-state index in [1.807, 2.05) is 24.6 Å². The zero-order valence-corrected chi connectivity index (χ0v) is 11.0. The van der Waals surface area contributed by atoms with Crippen molar-refractivity contribution in [2.45, 2.75) is 26.9 Å². The van der Waals surface area contributed by atoms with Crippen molar-refractivity contribution < 1.29 is 4.92 Å². The molecule has 0 saturated heterocycles. The summed E-state index contributed by atoms with van der Waals surface area (Å²) in [5.41, 5.74) is 9.57. The molecule has 6 nitrogen and oxygen atoms in total. The number of hydrogen-bond acceptors (Lipinski definition) is 4. The third kappa shape index (κ3) is 2.63. The average molecular weight is 260 g/mol. The van der Waals surface area contributed by atoms with Gasteiger partial charge in [-0.3, -0.25) is 14.8 Å². The molecule has 0 aliphatic rings. The highest BCUT2D eigenvalue weighted by Crippen LogP contribution is 2.17. The van der Waals surface area contributed by atoms with Gasteiger partial charge in [-0.15, -0.1) is 0 Å². The van der Waals surface area contributed by atoms with Crippen molar-refractivity contribution in [3.63, 3.8) is 0 Å². The highest BCUT2D eigenvalue weighted by Gasteiger charge is 2.11. The van der Waals surface area contributed by atoms with Crippen molar-refractivity contribution in [3.05, 3.63) is 56.9 Å². The van der Waals surface area contributed by atoms with Gasteiger partial charge in [0, 0.05) is 29.9 Å². The van der Waals surface area contributed by atoms with Crippen LogP contribution in [0.1, 0.15) is 22.5 Å². The summed E-state index contributed by atoms with van der Waals surface area (Å²) in [5, 5.41) is 15.2. The number of nitro groups is 1. The van der Waals surface area contributed by atoms with E-state index < -0.39 is 4.92 Å². The molecule has 0 amide bonds. The third-order valence-electron chi connectivity index (χ3n) is 3.19. The first kappa shape index (κ1) is 13.2. The lowest BCUT2D eigenvalue weighted by atomic mass is 10.2. The number of nitro benzene ring substituents is 1. The second-order valence-electron chi connectivity index (χ2n) is 4.44. The van der Waals surface area contributed by atoms with E-state index in [9.17, 15) is 10.1 Å². The molecule has 0 fully saturated rings. The lowest BCUT2D eigenvalue weighted by molar-refractivity contribution is -0.384. The predicted octanol–water partition coefficient (Wildman–Crippen LogP) is 1.92. The minimum absolute atomic E-state index is 0.0954. The summed E-state index contributed by atoms with van der Waals surface area (Å²) in [6, 6.07) is 6.59. The van der Waals surface area contributed by atoms with Crippen LogP contribution in [0.25, 0.3) is 0 Å². The fourth-order valence-corrected chi connectivity index (χ4v) is 2.12. The topological polar surface area (TPSA) is 87.0 Å². The molecule has 2 N–H and O–H groups in total. The Kier molecular flexibility index (Phi) is 3.62. The summed E-state index contributed by atoms with van der Waals surface area (Å²) in [6.45, 7) is 4.83. The van der Waals surface area contributed by atoms with Gasteiger partial charge in [-0.25, -0.2) is 0 Å². The van der Waals surface area contributed by atoms with E-state index in [0.717, 1.165) is 22.5 Å². The first-order valence-corrected chi connectivity index (χ1v) is 5.99. The molecule has 1 aromatic heterocycles. The van der Waals surface area contributed by atoms with Crippen molar-refractivity contribution in [3.8, 4) is 0 Å². The quantitative estimate of drug-likeness (QED) is 0.672. The molecule has 0 saturated carbocycles. The van der Waals surface area contributed by atoms with E-state index in [-0.39, 0.29) is 5.69 Å². The van der Waals surface area contributed by atoms with Gasteiger partial charge >= 0.3 is 0 Å². The molecule has 1 heterocycles. The summed E-state index contributed by atoms with van der Waals surface area (Å²) < 4.78 is 1.83. The number of nitrogens with two attached hydrogens (primary N) is 1. The Bertz CT molecular complexity index is 619. The molecule has 100 valence electrons. The number of nitrogens with zero attached hydrogens (tertiary/aromatic N) is 3. The summed E-state index contributed by atoms with van der Waals surface area (Å²) in [4.78, 5) is 10.4. The maximum absolute atomic E-state index is 10.7. The van der Waals surface area contributed by atoms with Crippen LogP contribution in [0.5, 0.6) is 0 Å². The SMILES string of the molecule is Cc1nn(Cc2cccc([N+](=O)[O-])c2)c(C)c1CN. The van der Waals surface area contributed by atoms with Gasteiger partial charge in [-0.2, -0.15) is 5.10 Å². The van der Waals surface area contributed by atoms with E-state index in [2.05, 4.69) is 5.10 Å². The Labute approximate surface area is 111 Å². The van der Waals surface area contributed by atoms with Crippen LogP contribution in [0.2, 0.25) is 0 Å². The molecule has 0 radical (unpaired) electrons. The van der Waals surface area contributed by atoms with Crippen LogP contribution in [0, 0.1) is 24.0 Å². The molecule has 0 aliphatic heterocycles. The van der Waals surface area contributed by atoms with Gasteiger partial charge in [0.2, 0.25) is 0 Å². The number of rotatable bonds is 4. The molecule has 0 spiro atoms. The Hall–Kier alpha value is -2.21. The Balaban J connectivity index is 2.31. The first-order valence-electron chi connectivity index (χ1n) is 5.99. The number of aryl methyl sites for hydroxylation is 1. The molecule has 0 bridgehead atoms. The highest BCUT2D eigenvalue weighted by atomic mass is 16.6. The molecule has 0 atom stereocenters. The maximum Gasteiger partial charge on any atom is 0.269 e. The van der Waals surface area contributed by atoms with Crippen LogP contribution in [0.4, 0.5) is 5.69 Å². The number of non-ortho nitro benzene ring substituents is 1. The summed E-state index contributed by atoms with van der Waals surface area (Å²) in [7, 11) is 0. The van der Waals surface area contributed by atoms with Gasteiger partial charge < -0.3 is 5.73 Å². The van der Waals surface area contributed by atoms with Crippen molar-refractivity contribution >= 4 is 5.69 Å². The Morgan fingerprint density at radius 3 is 2.74 bits per heavy atom. The van der Waals surface area contributed by atoms with Crippen LogP contribution >= 0.6 is 0 Å². The van der Waals surface area contributed by atoms with Crippen LogP contribution in [-0.2, 0) is 13.1 Å².